The fraction of sp³-hybridized carbons (Fsp3) is 0.600. The molecule has 1 fully saturated rings. The van der Waals surface area contributed by atoms with E-state index in [9.17, 15) is 0 Å². The highest BCUT2D eigenvalue weighted by Crippen LogP contribution is 2.48. The van der Waals surface area contributed by atoms with Gasteiger partial charge in [-0.05, 0) is 49.7 Å². The summed E-state index contributed by atoms with van der Waals surface area (Å²) in [5.41, 5.74) is 10.9. The largest absolute Gasteiger partial charge is 0.321 e. The Morgan fingerprint density at radius 1 is 1.12 bits per heavy atom. The van der Waals surface area contributed by atoms with Crippen molar-refractivity contribution in [3.8, 4) is 0 Å². The molecule has 0 aromatic heterocycles. The zero-order chi connectivity index (χ0) is 12.0. The molecule has 1 unspecified atom stereocenters. The second-order valence-electron chi connectivity index (χ2n) is 6.32. The zero-order valence-electron chi connectivity index (χ0n) is 10.9. The van der Waals surface area contributed by atoms with Gasteiger partial charge in [-0.3, -0.25) is 0 Å². The quantitative estimate of drug-likeness (QED) is 0.763. The lowest BCUT2D eigenvalue weighted by Crippen LogP contribution is -2.35. The molecule has 0 radical (unpaired) electrons. The SMILES string of the molecule is Cc1ccc(C)c(C2(N)CCC(C)(C)C2)c1. The Labute approximate surface area is 99.0 Å². The van der Waals surface area contributed by atoms with Crippen LogP contribution in [-0.4, -0.2) is 0 Å². The first-order valence-electron chi connectivity index (χ1n) is 6.19. The summed E-state index contributed by atoms with van der Waals surface area (Å²) in [4.78, 5) is 0. The van der Waals surface area contributed by atoms with Crippen LogP contribution in [0.2, 0.25) is 0 Å². The molecule has 0 heterocycles. The molecule has 0 amide bonds. The summed E-state index contributed by atoms with van der Waals surface area (Å²) in [6.45, 7) is 8.97. The third kappa shape index (κ3) is 2.01. The topological polar surface area (TPSA) is 26.0 Å². The van der Waals surface area contributed by atoms with Gasteiger partial charge in [0.05, 0.1) is 0 Å². The van der Waals surface area contributed by atoms with Crippen molar-refractivity contribution in [3.63, 3.8) is 0 Å². The molecule has 0 bridgehead atoms. The van der Waals surface area contributed by atoms with Crippen LogP contribution in [0.3, 0.4) is 0 Å². The van der Waals surface area contributed by atoms with Gasteiger partial charge in [-0.1, -0.05) is 37.6 Å². The van der Waals surface area contributed by atoms with Gasteiger partial charge < -0.3 is 5.73 Å². The summed E-state index contributed by atoms with van der Waals surface area (Å²) in [5.74, 6) is 0. The second kappa shape index (κ2) is 3.59. The number of hydrogen-bond donors (Lipinski definition) is 1. The molecule has 1 aliphatic rings. The lowest BCUT2D eigenvalue weighted by Gasteiger charge is -2.29. The molecule has 88 valence electrons. The predicted molar refractivity (Wildman–Crippen MR) is 69.4 cm³/mol. The van der Waals surface area contributed by atoms with Crippen LogP contribution >= 0.6 is 0 Å². The number of rotatable bonds is 1. The van der Waals surface area contributed by atoms with E-state index < -0.39 is 0 Å². The highest BCUT2D eigenvalue weighted by atomic mass is 14.8. The first-order valence-corrected chi connectivity index (χ1v) is 6.19. The summed E-state index contributed by atoms with van der Waals surface area (Å²) < 4.78 is 0. The molecule has 0 aliphatic heterocycles. The van der Waals surface area contributed by atoms with Gasteiger partial charge in [0, 0.05) is 5.54 Å². The van der Waals surface area contributed by atoms with Crippen LogP contribution in [0.25, 0.3) is 0 Å². The van der Waals surface area contributed by atoms with Crippen molar-refractivity contribution < 1.29 is 0 Å². The molecule has 1 saturated carbocycles. The lowest BCUT2D eigenvalue weighted by atomic mass is 9.82. The van der Waals surface area contributed by atoms with Crippen molar-refractivity contribution in [2.45, 2.75) is 52.5 Å². The molecule has 2 N–H and O–H groups in total. The Morgan fingerprint density at radius 3 is 2.38 bits per heavy atom. The first-order chi connectivity index (χ1) is 7.32. The normalized spacial score (nSPS) is 28.3. The molecule has 0 saturated heterocycles. The van der Waals surface area contributed by atoms with Gasteiger partial charge in [-0.25, -0.2) is 0 Å². The van der Waals surface area contributed by atoms with Crippen molar-refractivity contribution in [3.05, 3.63) is 34.9 Å². The summed E-state index contributed by atoms with van der Waals surface area (Å²) in [7, 11) is 0. The van der Waals surface area contributed by atoms with E-state index in [4.69, 9.17) is 5.73 Å². The fourth-order valence-corrected chi connectivity index (χ4v) is 3.09. The molecule has 1 aliphatic carbocycles. The molecule has 16 heavy (non-hydrogen) atoms. The third-order valence-corrected chi connectivity index (χ3v) is 3.97. The van der Waals surface area contributed by atoms with E-state index in [0.29, 0.717) is 5.41 Å². The predicted octanol–water partition coefficient (Wildman–Crippen LogP) is 3.67. The average Bonchev–Trinajstić information content (AvgIpc) is 2.46. The Bertz CT molecular complexity index is 406. The zero-order valence-corrected chi connectivity index (χ0v) is 10.9. The Balaban J connectivity index is 2.41. The van der Waals surface area contributed by atoms with E-state index >= 15 is 0 Å². The van der Waals surface area contributed by atoms with Crippen LogP contribution in [0.1, 0.15) is 49.8 Å². The van der Waals surface area contributed by atoms with Crippen LogP contribution in [-0.2, 0) is 5.54 Å². The summed E-state index contributed by atoms with van der Waals surface area (Å²) in [6, 6.07) is 6.64. The molecule has 1 aromatic carbocycles. The molecule has 1 nitrogen and oxygen atoms in total. The molecular formula is C15H23N. The van der Waals surface area contributed by atoms with Gasteiger partial charge in [0.25, 0.3) is 0 Å². The molecule has 1 atom stereocenters. The van der Waals surface area contributed by atoms with Crippen molar-refractivity contribution in [2.24, 2.45) is 11.1 Å². The molecule has 2 rings (SSSR count). The Morgan fingerprint density at radius 2 is 1.81 bits per heavy atom. The van der Waals surface area contributed by atoms with Crippen LogP contribution in [0.5, 0.6) is 0 Å². The van der Waals surface area contributed by atoms with Gasteiger partial charge in [0.2, 0.25) is 0 Å². The minimum absolute atomic E-state index is 0.0976. The maximum Gasteiger partial charge on any atom is 0.0417 e. The van der Waals surface area contributed by atoms with E-state index in [1.165, 1.54) is 23.1 Å². The van der Waals surface area contributed by atoms with Gasteiger partial charge in [0.15, 0.2) is 0 Å². The van der Waals surface area contributed by atoms with E-state index in [1.54, 1.807) is 0 Å². The van der Waals surface area contributed by atoms with Gasteiger partial charge in [-0.2, -0.15) is 0 Å². The van der Waals surface area contributed by atoms with Crippen LogP contribution in [0, 0.1) is 19.3 Å². The molecule has 1 aromatic rings. The minimum Gasteiger partial charge on any atom is -0.321 e. The highest BCUT2D eigenvalue weighted by Gasteiger charge is 2.42. The Kier molecular flexibility index (Phi) is 2.62. The molecule has 0 spiro atoms. The highest BCUT2D eigenvalue weighted by molar-refractivity contribution is 5.37. The van der Waals surface area contributed by atoms with Crippen LogP contribution < -0.4 is 5.73 Å². The van der Waals surface area contributed by atoms with Crippen molar-refractivity contribution in [2.75, 3.05) is 0 Å². The van der Waals surface area contributed by atoms with E-state index in [2.05, 4.69) is 45.9 Å². The lowest BCUT2D eigenvalue weighted by molar-refractivity contribution is 0.339. The van der Waals surface area contributed by atoms with Crippen molar-refractivity contribution in [1.29, 1.82) is 0 Å². The first kappa shape index (κ1) is 11.7. The van der Waals surface area contributed by atoms with Gasteiger partial charge >= 0.3 is 0 Å². The molecular weight excluding hydrogens is 194 g/mol. The standard InChI is InChI=1S/C15H23N/c1-11-5-6-12(2)13(9-11)15(16)8-7-14(3,4)10-15/h5-6,9H,7-8,10,16H2,1-4H3. The maximum atomic E-state index is 6.63. The van der Waals surface area contributed by atoms with E-state index in [-0.39, 0.29) is 5.54 Å². The smallest absolute Gasteiger partial charge is 0.0417 e. The van der Waals surface area contributed by atoms with Crippen LogP contribution in [0.4, 0.5) is 0 Å². The van der Waals surface area contributed by atoms with Crippen LogP contribution in [0.15, 0.2) is 18.2 Å². The monoisotopic (exact) mass is 217 g/mol. The summed E-state index contributed by atoms with van der Waals surface area (Å²) in [5, 5.41) is 0. The maximum absolute atomic E-state index is 6.63. The second-order valence-corrected chi connectivity index (χ2v) is 6.32. The third-order valence-electron chi connectivity index (χ3n) is 3.97. The summed E-state index contributed by atoms with van der Waals surface area (Å²) in [6.07, 6.45) is 3.45. The Hall–Kier alpha value is -0.820. The molecule has 1 heteroatoms. The number of aryl methyl sites for hydroxylation is 2. The average molecular weight is 217 g/mol. The fourth-order valence-electron chi connectivity index (χ4n) is 3.09. The minimum atomic E-state index is -0.0976. The van der Waals surface area contributed by atoms with Gasteiger partial charge in [0.1, 0.15) is 0 Å². The van der Waals surface area contributed by atoms with E-state index in [1.807, 2.05) is 0 Å². The van der Waals surface area contributed by atoms with Crippen molar-refractivity contribution in [1.82, 2.24) is 0 Å². The summed E-state index contributed by atoms with van der Waals surface area (Å²) >= 11 is 0. The number of hydrogen-bond acceptors (Lipinski definition) is 1. The number of nitrogens with two attached hydrogens (primary N) is 1. The van der Waals surface area contributed by atoms with E-state index in [0.717, 1.165) is 12.8 Å². The van der Waals surface area contributed by atoms with Gasteiger partial charge in [-0.15, -0.1) is 0 Å². The van der Waals surface area contributed by atoms with Crippen molar-refractivity contribution >= 4 is 0 Å². The number of benzene rings is 1.